The number of nitrogens with zero attached hydrogens (tertiary/aromatic N) is 1. The summed E-state index contributed by atoms with van der Waals surface area (Å²) in [5, 5.41) is 14.1. The zero-order chi connectivity index (χ0) is 25.9. The highest BCUT2D eigenvalue weighted by atomic mass is 16.5. The molecule has 0 heterocycles. The fourth-order valence-corrected chi connectivity index (χ4v) is 4.12. The lowest BCUT2D eigenvalue weighted by Gasteiger charge is -2.30. The first kappa shape index (κ1) is 29.5. The smallest absolute Gasteiger partial charge is 0.267 e. The maximum atomic E-state index is 12.4. The van der Waals surface area contributed by atoms with Gasteiger partial charge in [-0.2, -0.15) is 0 Å². The molecule has 6 N–H and O–H groups in total. The van der Waals surface area contributed by atoms with Gasteiger partial charge >= 0.3 is 0 Å². The van der Waals surface area contributed by atoms with Gasteiger partial charge in [-0.05, 0) is 68.4 Å². The number of hydrogen-bond donors (Lipinski definition) is 5. The molecule has 2 aromatic rings. The van der Waals surface area contributed by atoms with Crippen molar-refractivity contribution in [2.24, 2.45) is 5.73 Å². The van der Waals surface area contributed by atoms with Crippen LogP contribution in [0.1, 0.15) is 61.0 Å². The number of hydrogen-bond acceptors (Lipinski definition) is 6. The minimum Gasteiger partial charge on any atom is -0.339 e. The van der Waals surface area contributed by atoms with Crippen molar-refractivity contribution in [3.63, 3.8) is 0 Å². The van der Waals surface area contributed by atoms with Gasteiger partial charge in [0.2, 0.25) is 5.91 Å². The topological polar surface area (TPSA) is 137 Å². The van der Waals surface area contributed by atoms with Crippen LogP contribution in [0.5, 0.6) is 0 Å². The molecule has 0 unspecified atom stereocenters. The second-order valence-corrected chi connectivity index (χ2v) is 8.90. The molecule has 198 valence electrons. The van der Waals surface area contributed by atoms with Crippen molar-refractivity contribution in [2.75, 3.05) is 25.5 Å². The molecule has 0 spiro atoms. The van der Waals surface area contributed by atoms with Crippen LogP contribution in [-0.4, -0.2) is 60.0 Å². The summed E-state index contributed by atoms with van der Waals surface area (Å²) < 4.78 is 0. The van der Waals surface area contributed by atoms with E-state index in [9.17, 15) is 14.4 Å². The largest absolute Gasteiger partial charge is 0.339 e. The van der Waals surface area contributed by atoms with E-state index < -0.39 is 17.9 Å². The van der Waals surface area contributed by atoms with E-state index in [1.807, 2.05) is 31.3 Å². The molecule has 1 aliphatic carbocycles. The number of rotatable bonds is 8. The number of carbonyl (C=O) groups excluding carboxylic acids is 3. The molecule has 0 saturated heterocycles. The van der Waals surface area contributed by atoms with Gasteiger partial charge in [0.05, 0.1) is 6.54 Å². The zero-order valence-electron chi connectivity index (χ0n) is 20.4. The van der Waals surface area contributed by atoms with Crippen LogP contribution in [0.25, 0.3) is 0 Å². The van der Waals surface area contributed by atoms with Crippen LogP contribution in [0, 0.1) is 11.8 Å². The third kappa shape index (κ3) is 9.03. The summed E-state index contributed by atoms with van der Waals surface area (Å²) in [5.74, 6) is 4.79. The Balaban J connectivity index is 0.00000481. The second-order valence-electron chi connectivity index (χ2n) is 8.90. The highest BCUT2D eigenvalue weighted by molar-refractivity contribution is 5.97. The van der Waals surface area contributed by atoms with Gasteiger partial charge in [0.15, 0.2) is 0 Å². The van der Waals surface area contributed by atoms with Crippen molar-refractivity contribution in [2.45, 2.75) is 51.6 Å². The first-order valence-electron chi connectivity index (χ1n) is 12.1. The van der Waals surface area contributed by atoms with Gasteiger partial charge in [-0.15, -0.1) is 0 Å². The Morgan fingerprint density at radius 1 is 1.00 bits per heavy atom. The molecule has 9 nitrogen and oxygen atoms in total. The molecule has 0 radical (unpaired) electrons. The van der Waals surface area contributed by atoms with Crippen molar-refractivity contribution in [1.82, 2.24) is 15.7 Å². The lowest BCUT2D eigenvalue weighted by atomic mass is 9.94. The fraction of sp³-hybridized carbons (Fsp3) is 0.393. The molecule has 0 aliphatic heterocycles. The molecule has 1 atom stereocenters. The van der Waals surface area contributed by atoms with Crippen molar-refractivity contribution in [3.8, 4) is 11.8 Å². The first-order chi connectivity index (χ1) is 17.4. The SMILES string of the molecule is C.CN(CC(=O)Nc1ccc(C#Cc2ccc(C(=O)N[C@@H](CN)C(=O)NO)cc2)cc1)C1CCCCC1. The summed E-state index contributed by atoms with van der Waals surface area (Å²) in [5.41, 5.74) is 9.47. The quantitative estimate of drug-likeness (QED) is 0.212. The third-order valence-corrected chi connectivity index (χ3v) is 6.23. The molecule has 3 amide bonds. The van der Waals surface area contributed by atoms with Crippen molar-refractivity contribution in [3.05, 3.63) is 65.2 Å². The summed E-state index contributed by atoms with van der Waals surface area (Å²) in [4.78, 5) is 38.3. The Labute approximate surface area is 218 Å². The molecule has 0 bridgehead atoms. The Morgan fingerprint density at radius 3 is 2.11 bits per heavy atom. The summed E-state index contributed by atoms with van der Waals surface area (Å²) in [6.07, 6.45) is 6.08. The van der Waals surface area contributed by atoms with Crippen LogP contribution in [-0.2, 0) is 9.59 Å². The lowest BCUT2D eigenvalue weighted by Crippen LogP contribution is -2.50. The Hall–Kier alpha value is -3.71. The third-order valence-electron chi connectivity index (χ3n) is 6.23. The molecule has 9 heteroatoms. The molecule has 3 rings (SSSR count). The van der Waals surface area contributed by atoms with E-state index in [0.29, 0.717) is 23.7 Å². The van der Waals surface area contributed by atoms with Gasteiger partial charge < -0.3 is 16.4 Å². The Bertz CT molecular complexity index is 1100. The van der Waals surface area contributed by atoms with Crippen LogP contribution in [0.4, 0.5) is 5.69 Å². The zero-order valence-corrected chi connectivity index (χ0v) is 20.4. The normalized spacial score (nSPS) is 13.9. The minimum absolute atomic E-state index is 0. The van der Waals surface area contributed by atoms with E-state index in [4.69, 9.17) is 10.9 Å². The van der Waals surface area contributed by atoms with E-state index in [2.05, 4.69) is 27.4 Å². The molecule has 37 heavy (non-hydrogen) atoms. The van der Waals surface area contributed by atoms with Crippen molar-refractivity contribution in [1.29, 1.82) is 0 Å². The first-order valence-corrected chi connectivity index (χ1v) is 12.1. The van der Waals surface area contributed by atoms with Crippen LogP contribution in [0.3, 0.4) is 0 Å². The van der Waals surface area contributed by atoms with Gasteiger partial charge in [-0.1, -0.05) is 38.5 Å². The highest BCUT2D eigenvalue weighted by Gasteiger charge is 2.20. The summed E-state index contributed by atoms with van der Waals surface area (Å²) in [6.45, 7) is 0.226. The minimum atomic E-state index is -1.03. The standard InChI is InChI=1S/C27H33N5O4.CH4/c1-32(23-5-3-2-4-6-23)18-25(33)29-22-15-11-20(12-16-22)8-7-19-9-13-21(14-10-19)26(34)30-24(17-28)27(35)31-36;/h9-16,23-24,36H,2-6,17-18,28H2,1H3,(H,29,33)(H,30,34)(H,31,35);1H4/t24-;/m0./s1. The van der Waals surface area contributed by atoms with Crippen LogP contribution >= 0.6 is 0 Å². The molecular weight excluding hydrogens is 470 g/mol. The number of nitrogens with two attached hydrogens (primary N) is 1. The highest BCUT2D eigenvalue weighted by Crippen LogP contribution is 2.21. The van der Waals surface area contributed by atoms with E-state index in [-0.39, 0.29) is 19.9 Å². The molecular formula is C28H37N5O4. The lowest BCUT2D eigenvalue weighted by molar-refractivity contribution is -0.130. The van der Waals surface area contributed by atoms with E-state index in [1.54, 1.807) is 24.3 Å². The monoisotopic (exact) mass is 507 g/mol. The summed E-state index contributed by atoms with van der Waals surface area (Å²) >= 11 is 0. The van der Waals surface area contributed by atoms with Gasteiger partial charge in [0.1, 0.15) is 6.04 Å². The fourth-order valence-electron chi connectivity index (χ4n) is 4.12. The Kier molecular flexibility index (Phi) is 11.8. The van der Waals surface area contributed by atoms with E-state index >= 15 is 0 Å². The number of hydroxylamine groups is 1. The molecule has 1 aliphatic rings. The Morgan fingerprint density at radius 2 is 1.57 bits per heavy atom. The molecule has 1 fully saturated rings. The second kappa shape index (κ2) is 14.8. The average molecular weight is 508 g/mol. The van der Waals surface area contributed by atoms with Crippen molar-refractivity contribution >= 4 is 23.4 Å². The summed E-state index contributed by atoms with van der Waals surface area (Å²) in [7, 11) is 2.01. The van der Waals surface area contributed by atoms with Gasteiger partial charge in [0, 0.05) is 35.0 Å². The van der Waals surface area contributed by atoms with Gasteiger partial charge in [-0.25, -0.2) is 5.48 Å². The maximum Gasteiger partial charge on any atom is 0.267 e. The van der Waals surface area contributed by atoms with Crippen molar-refractivity contribution < 1.29 is 19.6 Å². The molecule has 1 saturated carbocycles. The molecule has 0 aromatic heterocycles. The van der Waals surface area contributed by atoms with E-state index in [0.717, 1.165) is 24.1 Å². The number of nitrogens with one attached hydrogen (secondary N) is 3. The van der Waals surface area contributed by atoms with Crippen LogP contribution in [0.15, 0.2) is 48.5 Å². The number of benzene rings is 2. The number of anilines is 1. The van der Waals surface area contributed by atoms with Gasteiger partial charge in [-0.3, -0.25) is 24.5 Å². The van der Waals surface area contributed by atoms with Gasteiger partial charge in [0.25, 0.3) is 11.8 Å². The van der Waals surface area contributed by atoms with Crippen LogP contribution < -0.4 is 21.8 Å². The average Bonchev–Trinajstić information content (AvgIpc) is 2.91. The predicted molar refractivity (Wildman–Crippen MR) is 144 cm³/mol. The van der Waals surface area contributed by atoms with Crippen LogP contribution in [0.2, 0.25) is 0 Å². The number of carbonyl (C=O) groups is 3. The number of likely N-dealkylation sites (N-methyl/N-ethyl adjacent to an activating group) is 1. The predicted octanol–water partition coefficient (Wildman–Crippen LogP) is 2.49. The number of amides is 3. The maximum absolute atomic E-state index is 12.4. The molecule has 2 aromatic carbocycles. The summed E-state index contributed by atoms with van der Waals surface area (Å²) in [6, 6.07) is 13.4. The van der Waals surface area contributed by atoms with E-state index in [1.165, 1.54) is 24.7 Å².